The van der Waals surface area contributed by atoms with Gasteiger partial charge in [0.15, 0.2) is 5.60 Å². The Bertz CT molecular complexity index is 1580. The number of hydrogen-bond donors (Lipinski definition) is 1. The third-order valence-electron chi connectivity index (χ3n) is 18.0. The first kappa shape index (κ1) is 61.8. The summed E-state index contributed by atoms with van der Waals surface area (Å²) in [6, 6.07) is 0. The number of fused-ring (bicyclic) bond motifs is 9. The average Bonchev–Trinajstić information content (AvgIpc) is 3.96. The van der Waals surface area contributed by atoms with E-state index in [0.717, 1.165) is 81.0 Å². The van der Waals surface area contributed by atoms with Crippen molar-refractivity contribution in [1.29, 1.82) is 0 Å². The van der Waals surface area contributed by atoms with Crippen molar-refractivity contribution < 1.29 is 43.2 Å². The molecule has 1 saturated heterocycles. The van der Waals surface area contributed by atoms with E-state index in [1.54, 1.807) is 20.8 Å². The van der Waals surface area contributed by atoms with Gasteiger partial charge < -0.3 is 24.1 Å². The molecular formula is C55H104O9. The maximum absolute atomic E-state index is 12.7. The molecule has 9 unspecified atom stereocenters. The third-order valence-corrected chi connectivity index (χ3v) is 18.0. The van der Waals surface area contributed by atoms with Crippen LogP contribution >= 0.6 is 0 Å². The fraction of sp³-hybridized carbons (Fsp3) is 0.927. The van der Waals surface area contributed by atoms with Crippen LogP contribution < -0.4 is 0 Å². The van der Waals surface area contributed by atoms with Crippen LogP contribution in [0.25, 0.3) is 0 Å². The standard InChI is InChI=1S/C20H32O2.C16H26O3.C13H22O4.6CH4/c1-5-19(3,4)18(21)22-20(6-2)11-14-10-15(20)17-13-8-7-12(9-13)16(14)17;1-4-14(2,3)13(17)19-16-8-11-5-12(9-16)7-15(18,6-11)10-16;1-7-11(2,3)9(14)17-13(6)8-16-10(15)12(13,4)5;;;;;;/h12-17H,5-11H2,1-4H3;11-12,18H,4-10H2,1-3H3;7-8H2,1-6H3;6*1H4/t;;13-;;;;;;/m..1....../s1. The normalized spacial score (nSPS) is 37.3. The van der Waals surface area contributed by atoms with Crippen LogP contribution in [0.1, 0.15) is 231 Å². The highest BCUT2D eigenvalue weighted by atomic mass is 16.6. The minimum atomic E-state index is -0.881. The first-order valence-corrected chi connectivity index (χ1v) is 23.3. The summed E-state index contributed by atoms with van der Waals surface area (Å²) in [5.74, 6) is 5.84. The predicted octanol–water partition coefficient (Wildman–Crippen LogP) is 14.0. The SMILES string of the molecule is C.C.C.C.C.C.CCC(C)(C)C(=O)OC1(CC)CC2CC1C1C3CCC(C3)C21.CCC(C)(C)C(=O)OC12CC3CC(CC(O)(C3)C1)C2.CCC(C)(C)C(=O)O[C@]1(C)COC(=O)C1(C)C. The predicted molar refractivity (Wildman–Crippen MR) is 263 cm³/mol. The summed E-state index contributed by atoms with van der Waals surface area (Å²) >= 11 is 0. The highest BCUT2D eigenvalue weighted by molar-refractivity contribution is 5.82. The monoisotopic (exact) mass is 909 g/mol. The molecule has 10 atom stereocenters. The molecule has 8 aliphatic carbocycles. The first-order chi connectivity index (χ1) is 26.7. The lowest BCUT2D eigenvalue weighted by Gasteiger charge is -2.59. The molecule has 0 amide bonds. The molecule has 9 aliphatic rings. The van der Waals surface area contributed by atoms with Crippen molar-refractivity contribution >= 4 is 23.9 Å². The van der Waals surface area contributed by atoms with E-state index >= 15 is 0 Å². The van der Waals surface area contributed by atoms with Gasteiger partial charge in [0.1, 0.15) is 23.2 Å². The Labute approximate surface area is 394 Å². The van der Waals surface area contributed by atoms with Gasteiger partial charge in [-0.2, -0.15) is 0 Å². The van der Waals surface area contributed by atoms with Gasteiger partial charge in [0.2, 0.25) is 0 Å². The number of rotatable bonds is 10. The van der Waals surface area contributed by atoms with Crippen molar-refractivity contribution in [3.8, 4) is 0 Å². The molecule has 1 heterocycles. The molecule has 9 nitrogen and oxygen atoms in total. The number of cyclic esters (lactones) is 1. The van der Waals surface area contributed by atoms with Crippen LogP contribution in [0.15, 0.2) is 0 Å². The lowest BCUT2D eigenvalue weighted by molar-refractivity contribution is -0.225. The van der Waals surface area contributed by atoms with Crippen LogP contribution in [0.3, 0.4) is 0 Å². The Morgan fingerprint density at radius 3 is 1.50 bits per heavy atom. The van der Waals surface area contributed by atoms with Gasteiger partial charge in [0.05, 0.1) is 21.8 Å². The number of esters is 4. The van der Waals surface area contributed by atoms with E-state index in [1.807, 2.05) is 55.4 Å². The lowest BCUT2D eigenvalue weighted by Crippen LogP contribution is -2.61. The maximum atomic E-state index is 12.7. The molecule has 9 rings (SSSR count). The fourth-order valence-electron chi connectivity index (χ4n) is 12.9. The van der Waals surface area contributed by atoms with Crippen LogP contribution in [0.4, 0.5) is 0 Å². The van der Waals surface area contributed by atoms with Crippen molar-refractivity contribution in [2.75, 3.05) is 6.61 Å². The minimum Gasteiger partial charge on any atom is -0.461 e. The Kier molecular flexibility index (Phi) is 20.3. The fourth-order valence-corrected chi connectivity index (χ4v) is 12.9. The quantitative estimate of drug-likeness (QED) is 0.130. The Balaban J connectivity index is 0.000000897. The van der Waals surface area contributed by atoms with Crippen molar-refractivity contribution in [2.24, 2.45) is 69.0 Å². The summed E-state index contributed by atoms with van der Waals surface area (Å²) in [6.45, 7) is 25.3. The van der Waals surface area contributed by atoms with Crippen LogP contribution in [-0.4, -0.2) is 58.0 Å². The van der Waals surface area contributed by atoms with Crippen molar-refractivity contribution in [3.63, 3.8) is 0 Å². The average molecular weight is 909 g/mol. The number of carbonyl (C=O) groups is 4. The highest BCUT2D eigenvalue weighted by Gasteiger charge is 2.68. The second-order valence-corrected chi connectivity index (χ2v) is 23.4. The Morgan fingerprint density at radius 2 is 1.08 bits per heavy atom. The second kappa shape index (κ2) is 21.0. The lowest BCUT2D eigenvalue weighted by atomic mass is 9.52. The molecule has 378 valence electrons. The second-order valence-electron chi connectivity index (χ2n) is 23.4. The zero-order chi connectivity index (χ0) is 43.1. The molecule has 8 saturated carbocycles. The molecule has 9 heteroatoms. The van der Waals surface area contributed by atoms with Gasteiger partial charge in [-0.3, -0.25) is 19.2 Å². The van der Waals surface area contributed by atoms with Crippen LogP contribution in [0.2, 0.25) is 0 Å². The molecule has 1 N–H and O–H groups in total. The molecule has 1 aliphatic heterocycles. The van der Waals surface area contributed by atoms with E-state index in [9.17, 15) is 24.3 Å². The molecule has 64 heavy (non-hydrogen) atoms. The molecule has 0 aromatic carbocycles. The molecular weight excluding hydrogens is 805 g/mol. The number of carbonyl (C=O) groups excluding carboxylic acids is 4. The molecule has 0 spiro atoms. The first-order valence-electron chi connectivity index (χ1n) is 23.3. The molecule has 0 radical (unpaired) electrons. The van der Waals surface area contributed by atoms with Crippen LogP contribution in [-0.2, 0) is 38.1 Å². The topological polar surface area (TPSA) is 125 Å². The highest BCUT2D eigenvalue weighted by Crippen LogP contribution is 2.71. The summed E-state index contributed by atoms with van der Waals surface area (Å²) < 4.78 is 22.9. The Hall–Kier alpha value is -2.16. The summed E-state index contributed by atoms with van der Waals surface area (Å²) in [7, 11) is 0. The van der Waals surface area contributed by atoms with Gasteiger partial charge in [-0.1, -0.05) is 72.3 Å². The van der Waals surface area contributed by atoms with Gasteiger partial charge >= 0.3 is 23.9 Å². The summed E-state index contributed by atoms with van der Waals surface area (Å²) in [5.41, 5.74) is -4.00. The number of ether oxygens (including phenoxy) is 4. The number of hydrogen-bond acceptors (Lipinski definition) is 9. The van der Waals surface area contributed by atoms with E-state index in [4.69, 9.17) is 18.9 Å². The van der Waals surface area contributed by atoms with Crippen molar-refractivity contribution in [2.45, 2.75) is 253 Å². The smallest absolute Gasteiger partial charge is 0.315 e. The summed E-state index contributed by atoms with van der Waals surface area (Å²) in [4.78, 5) is 48.8. The minimum absolute atomic E-state index is 0. The number of aliphatic hydroxyl groups is 1. The van der Waals surface area contributed by atoms with Crippen LogP contribution in [0.5, 0.6) is 0 Å². The molecule has 8 bridgehead atoms. The van der Waals surface area contributed by atoms with E-state index in [1.165, 1.54) is 32.1 Å². The van der Waals surface area contributed by atoms with E-state index < -0.39 is 27.4 Å². The van der Waals surface area contributed by atoms with Gasteiger partial charge in [-0.15, -0.1) is 0 Å². The van der Waals surface area contributed by atoms with E-state index in [-0.39, 0.29) is 91.7 Å². The third kappa shape index (κ3) is 10.9. The van der Waals surface area contributed by atoms with E-state index in [0.29, 0.717) is 30.6 Å². The van der Waals surface area contributed by atoms with Crippen molar-refractivity contribution in [3.05, 3.63) is 0 Å². The van der Waals surface area contributed by atoms with E-state index in [2.05, 4.69) is 13.8 Å². The molecule has 0 aromatic heterocycles. The Morgan fingerprint density at radius 1 is 0.625 bits per heavy atom. The van der Waals surface area contributed by atoms with Gasteiger partial charge in [-0.05, 0) is 194 Å². The molecule has 9 fully saturated rings. The van der Waals surface area contributed by atoms with Gasteiger partial charge in [0.25, 0.3) is 0 Å². The summed E-state index contributed by atoms with van der Waals surface area (Å²) in [6.07, 6.45) is 15.9. The zero-order valence-corrected chi connectivity index (χ0v) is 38.6. The van der Waals surface area contributed by atoms with Crippen molar-refractivity contribution in [1.82, 2.24) is 0 Å². The van der Waals surface area contributed by atoms with Gasteiger partial charge in [-0.25, -0.2) is 0 Å². The van der Waals surface area contributed by atoms with Gasteiger partial charge in [0, 0.05) is 12.3 Å². The summed E-state index contributed by atoms with van der Waals surface area (Å²) in [5, 5.41) is 10.6. The maximum Gasteiger partial charge on any atom is 0.315 e. The largest absolute Gasteiger partial charge is 0.461 e. The molecule has 0 aromatic rings. The zero-order valence-electron chi connectivity index (χ0n) is 38.6. The van der Waals surface area contributed by atoms with Crippen LogP contribution in [0, 0.1) is 69.0 Å².